The Labute approximate surface area is 113 Å². The molecule has 1 aliphatic rings. The molecule has 0 radical (unpaired) electrons. The van der Waals surface area contributed by atoms with Gasteiger partial charge in [-0.15, -0.1) is 0 Å². The standard InChI is InChI=1S/C15H19N3O/c1-12-4-2-6-14(8-12)18-15(16-11-17-18)9-13-5-3-7-19-10-13/h2,4,6,8,11,13H,3,5,7,9-10H2,1H3/t13-/m1/s1. The van der Waals surface area contributed by atoms with Crippen molar-refractivity contribution in [3.05, 3.63) is 42.0 Å². The maximum absolute atomic E-state index is 5.54. The van der Waals surface area contributed by atoms with Crippen LogP contribution in [0.3, 0.4) is 0 Å². The first-order valence-corrected chi connectivity index (χ1v) is 6.86. The summed E-state index contributed by atoms with van der Waals surface area (Å²) in [5, 5.41) is 4.36. The van der Waals surface area contributed by atoms with Crippen molar-refractivity contribution in [3.63, 3.8) is 0 Å². The van der Waals surface area contributed by atoms with Crippen molar-refractivity contribution < 1.29 is 4.74 Å². The summed E-state index contributed by atoms with van der Waals surface area (Å²) in [5.41, 5.74) is 2.32. The van der Waals surface area contributed by atoms with Crippen LogP contribution >= 0.6 is 0 Å². The van der Waals surface area contributed by atoms with E-state index in [-0.39, 0.29) is 0 Å². The molecule has 19 heavy (non-hydrogen) atoms. The van der Waals surface area contributed by atoms with Crippen LogP contribution in [0.1, 0.15) is 24.2 Å². The van der Waals surface area contributed by atoms with Gasteiger partial charge < -0.3 is 4.74 Å². The minimum absolute atomic E-state index is 0.571. The minimum atomic E-state index is 0.571. The Balaban J connectivity index is 1.81. The van der Waals surface area contributed by atoms with Crippen molar-refractivity contribution in [2.24, 2.45) is 5.92 Å². The number of rotatable bonds is 3. The molecule has 1 saturated heterocycles. The van der Waals surface area contributed by atoms with Crippen LogP contribution in [-0.4, -0.2) is 28.0 Å². The first-order chi connectivity index (χ1) is 9.33. The van der Waals surface area contributed by atoms with Crippen molar-refractivity contribution in [3.8, 4) is 5.69 Å². The first kappa shape index (κ1) is 12.4. The van der Waals surface area contributed by atoms with Gasteiger partial charge in [0.15, 0.2) is 0 Å². The molecule has 3 rings (SSSR count). The van der Waals surface area contributed by atoms with E-state index in [9.17, 15) is 0 Å². The van der Waals surface area contributed by atoms with Gasteiger partial charge in [0.1, 0.15) is 12.2 Å². The zero-order valence-corrected chi connectivity index (χ0v) is 11.2. The van der Waals surface area contributed by atoms with E-state index in [4.69, 9.17) is 4.74 Å². The van der Waals surface area contributed by atoms with Crippen LogP contribution in [0, 0.1) is 12.8 Å². The molecule has 1 aromatic carbocycles. The lowest BCUT2D eigenvalue weighted by atomic mass is 9.98. The van der Waals surface area contributed by atoms with E-state index in [1.165, 1.54) is 12.0 Å². The van der Waals surface area contributed by atoms with Gasteiger partial charge in [0.05, 0.1) is 5.69 Å². The SMILES string of the molecule is Cc1cccc(-n2ncnc2C[C@H]2CCCOC2)c1. The van der Waals surface area contributed by atoms with E-state index in [0.717, 1.165) is 37.6 Å². The third-order valence-corrected chi connectivity index (χ3v) is 3.59. The van der Waals surface area contributed by atoms with Gasteiger partial charge in [-0.2, -0.15) is 5.10 Å². The maximum Gasteiger partial charge on any atom is 0.138 e. The highest BCUT2D eigenvalue weighted by Crippen LogP contribution is 2.19. The van der Waals surface area contributed by atoms with Gasteiger partial charge in [0.2, 0.25) is 0 Å². The van der Waals surface area contributed by atoms with Crippen molar-refractivity contribution in [2.45, 2.75) is 26.2 Å². The van der Waals surface area contributed by atoms with Gasteiger partial charge in [-0.3, -0.25) is 0 Å². The molecule has 2 aromatic rings. The average molecular weight is 257 g/mol. The molecule has 0 aliphatic carbocycles. The highest BCUT2D eigenvalue weighted by molar-refractivity contribution is 5.35. The molecule has 4 heteroatoms. The predicted molar refractivity (Wildman–Crippen MR) is 73.3 cm³/mol. The van der Waals surface area contributed by atoms with Gasteiger partial charge in [0, 0.05) is 19.6 Å². The molecule has 100 valence electrons. The van der Waals surface area contributed by atoms with E-state index in [0.29, 0.717) is 5.92 Å². The predicted octanol–water partition coefficient (Wildman–Crippen LogP) is 2.54. The van der Waals surface area contributed by atoms with Crippen LogP contribution in [-0.2, 0) is 11.2 Å². The van der Waals surface area contributed by atoms with Crippen molar-refractivity contribution >= 4 is 0 Å². The molecule has 1 atom stereocenters. The monoisotopic (exact) mass is 257 g/mol. The van der Waals surface area contributed by atoms with Gasteiger partial charge in [-0.1, -0.05) is 12.1 Å². The number of nitrogens with zero attached hydrogens (tertiary/aromatic N) is 3. The Kier molecular flexibility index (Phi) is 3.60. The summed E-state index contributed by atoms with van der Waals surface area (Å²) in [7, 11) is 0. The normalized spacial score (nSPS) is 19.5. The van der Waals surface area contributed by atoms with E-state index in [1.807, 2.05) is 4.68 Å². The molecule has 1 aromatic heterocycles. The van der Waals surface area contributed by atoms with Gasteiger partial charge in [-0.25, -0.2) is 9.67 Å². The topological polar surface area (TPSA) is 39.9 Å². The second-order valence-corrected chi connectivity index (χ2v) is 5.21. The summed E-state index contributed by atoms with van der Waals surface area (Å²) in [6.45, 7) is 3.84. The van der Waals surface area contributed by atoms with Crippen LogP contribution in [0.15, 0.2) is 30.6 Å². The van der Waals surface area contributed by atoms with E-state index in [2.05, 4.69) is 41.3 Å². The third kappa shape index (κ3) is 2.84. The number of hydrogen-bond donors (Lipinski definition) is 0. The second-order valence-electron chi connectivity index (χ2n) is 5.21. The molecule has 1 aliphatic heterocycles. The minimum Gasteiger partial charge on any atom is -0.381 e. The average Bonchev–Trinajstić information content (AvgIpc) is 2.88. The Hall–Kier alpha value is -1.68. The summed E-state index contributed by atoms with van der Waals surface area (Å²) < 4.78 is 7.48. The number of aromatic nitrogens is 3. The lowest BCUT2D eigenvalue weighted by Crippen LogP contribution is -2.21. The molecule has 1 fully saturated rings. The fraction of sp³-hybridized carbons (Fsp3) is 0.467. The Bertz CT molecular complexity index is 544. The number of hydrogen-bond acceptors (Lipinski definition) is 3. The van der Waals surface area contributed by atoms with Gasteiger partial charge in [-0.05, 0) is 43.4 Å². The van der Waals surface area contributed by atoms with Crippen LogP contribution in [0.4, 0.5) is 0 Å². The smallest absolute Gasteiger partial charge is 0.138 e. The summed E-state index contributed by atoms with van der Waals surface area (Å²) >= 11 is 0. The Morgan fingerprint density at radius 2 is 2.37 bits per heavy atom. The van der Waals surface area contributed by atoms with Gasteiger partial charge >= 0.3 is 0 Å². The first-order valence-electron chi connectivity index (χ1n) is 6.86. The molecular formula is C15H19N3O. The number of benzene rings is 1. The summed E-state index contributed by atoms with van der Waals surface area (Å²) in [6.07, 6.45) is 4.96. The molecule has 0 unspecified atom stereocenters. The van der Waals surface area contributed by atoms with Crippen LogP contribution in [0.25, 0.3) is 5.69 Å². The Morgan fingerprint density at radius 1 is 1.42 bits per heavy atom. The summed E-state index contributed by atoms with van der Waals surface area (Å²) in [6, 6.07) is 8.35. The lowest BCUT2D eigenvalue weighted by molar-refractivity contribution is 0.0541. The van der Waals surface area contributed by atoms with Crippen molar-refractivity contribution in [1.29, 1.82) is 0 Å². The van der Waals surface area contributed by atoms with Crippen molar-refractivity contribution in [2.75, 3.05) is 13.2 Å². The Morgan fingerprint density at radius 3 is 3.16 bits per heavy atom. The zero-order chi connectivity index (χ0) is 13.1. The van der Waals surface area contributed by atoms with Crippen LogP contribution in [0.2, 0.25) is 0 Å². The number of ether oxygens (including phenoxy) is 1. The number of aryl methyl sites for hydroxylation is 1. The lowest BCUT2D eigenvalue weighted by Gasteiger charge is -2.21. The van der Waals surface area contributed by atoms with Crippen molar-refractivity contribution in [1.82, 2.24) is 14.8 Å². The van der Waals surface area contributed by atoms with Crippen LogP contribution < -0.4 is 0 Å². The largest absolute Gasteiger partial charge is 0.381 e. The molecule has 2 heterocycles. The maximum atomic E-state index is 5.54. The highest BCUT2D eigenvalue weighted by Gasteiger charge is 2.18. The van der Waals surface area contributed by atoms with Gasteiger partial charge in [0.25, 0.3) is 0 Å². The van der Waals surface area contributed by atoms with E-state index in [1.54, 1.807) is 6.33 Å². The highest BCUT2D eigenvalue weighted by atomic mass is 16.5. The molecule has 0 spiro atoms. The molecule has 0 bridgehead atoms. The molecule has 0 saturated carbocycles. The third-order valence-electron chi connectivity index (χ3n) is 3.59. The fourth-order valence-corrected chi connectivity index (χ4v) is 2.61. The second kappa shape index (κ2) is 5.53. The molecule has 0 N–H and O–H groups in total. The quantitative estimate of drug-likeness (QED) is 0.848. The summed E-state index contributed by atoms with van der Waals surface area (Å²) in [4.78, 5) is 4.41. The van der Waals surface area contributed by atoms with E-state index < -0.39 is 0 Å². The molecule has 0 amide bonds. The molecular weight excluding hydrogens is 238 g/mol. The van der Waals surface area contributed by atoms with E-state index >= 15 is 0 Å². The zero-order valence-electron chi connectivity index (χ0n) is 11.2. The molecule has 4 nitrogen and oxygen atoms in total. The fourth-order valence-electron chi connectivity index (χ4n) is 2.61. The van der Waals surface area contributed by atoms with Crippen LogP contribution in [0.5, 0.6) is 0 Å². The summed E-state index contributed by atoms with van der Waals surface area (Å²) in [5.74, 6) is 1.60.